The predicted octanol–water partition coefficient (Wildman–Crippen LogP) is 5.51. The van der Waals surface area contributed by atoms with E-state index in [9.17, 15) is 9.59 Å². The SMILES string of the molecule is COc1ccc(NC(=O)c2cccc(OC)c2NC(=O)c2ccc(C(C)(C)C)cc2)cc1. The highest BCUT2D eigenvalue weighted by molar-refractivity contribution is 6.13. The third-order valence-electron chi connectivity index (χ3n) is 5.09. The normalized spacial score (nSPS) is 10.9. The van der Waals surface area contributed by atoms with E-state index < -0.39 is 0 Å². The lowest BCUT2D eigenvalue weighted by molar-refractivity contribution is 0.102. The van der Waals surface area contributed by atoms with E-state index in [1.807, 2.05) is 12.1 Å². The molecule has 0 aliphatic rings. The Hall–Kier alpha value is -3.80. The Balaban J connectivity index is 1.85. The summed E-state index contributed by atoms with van der Waals surface area (Å²) < 4.78 is 10.5. The summed E-state index contributed by atoms with van der Waals surface area (Å²) in [6, 6.07) is 19.5. The zero-order valence-corrected chi connectivity index (χ0v) is 19.0. The highest BCUT2D eigenvalue weighted by atomic mass is 16.5. The lowest BCUT2D eigenvalue weighted by atomic mass is 9.86. The van der Waals surface area contributed by atoms with Crippen LogP contribution in [0.15, 0.2) is 66.7 Å². The van der Waals surface area contributed by atoms with Gasteiger partial charge in [-0.3, -0.25) is 9.59 Å². The van der Waals surface area contributed by atoms with Crippen molar-refractivity contribution < 1.29 is 19.1 Å². The molecule has 0 saturated carbocycles. The Labute approximate surface area is 188 Å². The first-order valence-electron chi connectivity index (χ1n) is 10.3. The van der Waals surface area contributed by atoms with Crippen molar-refractivity contribution in [2.45, 2.75) is 26.2 Å². The van der Waals surface area contributed by atoms with Crippen molar-refractivity contribution in [3.63, 3.8) is 0 Å². The first-order valence-corrected chi connectivity index (χ1v) is 10.3. The van der Waals surface area contributed by atoms with Crippen molar-refractivity contribution in [2.75, 3.05) is 24.9 Å². The summed E-state index contributed by atoms with van der Waals surface area (Å²) in [6.45, 7) is 6.35. The highest BCUT2D eigenvalue weighted by Crippen LogP contribution is 2.30. The highest BCUT2D eigenvalue weighted by Gasteiger charge is 2.20. The molecule has 0 saturated heterocycles. The fourth-order valence-corrected chi connectivity index (χ4v) is 3.20. The van der Waals surface area contributed by atoms with Gasteiger partial charge >= 0.3 is 0 Å². The first-order chi connectivity index (χ1) is 15.2. The van der Waals surface area contributed by atoms with Gasteiger partial charge in [0, 0.05) is 11.3 Å². The van der Waals surface area contributed by atoms with Gasteiger partial charge in [-0.2, -0.15) is 0 Å². The molecule has 2 amide bonds. The van der Waals surface area contributed by atoms with Gasteiger partial charge in [-0.25, -0.2) is 0 Å². The summed E-state index contributed by atoms with van der Waals surface area (Å²) in [7, 11) is 3.07. The Bertz CT molecular complexity index is 1100. The van der Waals surface area contributed by atoms with Crippen molar-refractivity contribution in [3.05, 3.63) is 83.4 Å². The van der Waals surface area contributed by atoms with Crippen molar-refractivity contribution in [1.29, 1.82) is 0 Å². The van der Waals surface area contributed by atoms with Crippen LogP contribution < -0.4 is 20.1 Å². The number of ether oxygens (including phenoxy) is 2. The molecular weight excluding hydrogens is 404 g/mol. The summed E-state index contributed by atoms with van der Waals surface area (Å²) >= 11 is 0. The third-order valence-corrected chi connectivity index (χ3v) is 5.09. The quantitative estimate of drug-likeness (QED) is 0.539. The van der Waals surface area contributed by atoms with Crippen LogP contribution in [-0.2, 0) is 5.41 Å². The molecule has 0 atom stereocenters. The minimum absolute atomic E-state index is 0.00955. The fourth-order valence-electron chi connectivity index (χ4n) is 3.20. The average Bonchev–Trinajstić information content (AvgIpc) is 2.79. The molecule has 0 aliphatic heterocycles. The Morgan fingerprint density at radius 2 is 1.41 bits per heavy atom. The van der Waals surface area contributed by atoms with Gasteiger partial charge in [0.2, 0.25) is 0 Å². The molecule has 166 valence electrons. The summed E-state index contributed by atoms with van der Waals surface area (Å²) in [4.78, 5) is 25.9. The number of benzene rings is 3. The van der Waals surface area contributed by atoms with E-state index in [2.05, 4.69) is 31.4 Å². The lowest BCUT2D eigenvalue weighted by Gasteiger charge is -2.19. The third kappa shape index (κ3) is 5.27. The molecule has 3 rings (SSSR count). The van der Waals surface area contributed by atoms with E-state index in [1.165, 1.54) is 7.11 Å². The van der Waals surface area contributed by atoms with Crippen molar-refractivity contribution in [3.8, 4) is 11.5 Å². The Kier molecular flexibility index (Phi) is 6.83. The molecule has 6 heteroatoms. The topological polar surface area (TPSA) is 76.7 Å². The second-order valence-corrected chi connectivity index (χ2v) is 8.35. The molecule has 0 heterocycles. The van der Waals surface area contributed by atoms with Crippen LogP contribution in [0.25, 0.3) is 0 Å². The Morgan fingerprint density at radius 1 is 0.750 bits per heavy atom. The van der Waals surface area contributed by atoms with Crippen LogP contribution in [0, 0.1) is 0 Å². The number of anilines is 2. The van der Waals surface area contributed by atoms with Gasteiger partial charge in [-0.1, -0.05) is 39.0 Å². The lowest BCUT2D eigenvalue weighted by Crippen LogP contribution is -2.19. The van der Waals surface area contributed by atoms with Gasteiger partial charge in [0.25, 0.3) is 11.8 Å². The number of hydrogen-bond acceptors (Lipinski definition) is 4. The average molecular weight is 433 g/mol. The molecule has 0 aliphatic carbocycles. The van der Waals surface area contributed by atoms with Gasteiger partial charge in [-0.15, -0.1) is 0 Å². The first kappa shape index (κ1) is 22.9. The van der Waals surface area contributed by atoms with Gasteiger partial charge in [0.1, 0.15) is 11.5 Å². The maximum Gasteiger partial charge on any atom is 0.257 e. The van der Waals surface area contributed by atoms with E-state index in [4.69, 9.17) is 9.47 Å². The zero-order chi connectivity index (χ0) is 23.3. The molecule has 6 nitrogen and oxygen atoms in total. The molecule has 0 aromatic heterocycles. The molecule has 0 unspecified atom stereocenters. The molecule has 3 aromatic rings. The van der Waals surface area contributed by atoms with Crippen LogP contribution in [0.5, 0.6) is 11.5 Å². The number of methoxy groups -OCH3 is 2. The van der Waals surface area contributed by atoms with Crippen molar-refractivity contribution in [1.82, 2.24) is 0 Å². The van der Waals surface area contributed by atoms with E-state index >= 15 is 0 Å². The number of amides is 2. The number of carbonyl (C=O) groups is 2. The van der Waals surface area contributed by atoms with Crippen LogP contribution in [-0.4, -0.2) is 26.0 Å². The Morgan fingerprint density at radius 3 is 1.97 bits per heavy atom. The summed E-state index contributed by atoms with van der Waals surface area (Å²) in [5.41, 5.74) is 2.82. The second-order valence-electron chi connectivity index (χ2n) is 8.35. The van der Waals surface area contributed by atoms with Gasteiger partial charge < -0.3 is 20.1 Å². The minimum Gasteiger partial charge on any atom is -0.497 e. The van der Waals surface area contributed by atoms with Gasteiger partial charge in [-0.05, 0) is 59.5 Å². The number of nitrogens with one attached hydrogen (secondary N) is 2. The summed E-state index contributed by atoms with van der Waals surface area (Å²) in [5.74, 6) is 0.391. The molecule has 32 heavy (non-hydrogen) atoms. The summed E-state index contributed by atoms with van der Waals surface area (Å²) in [5, 5.41) is 5.68. The largest absolute Gasteiger partial charge is 0.497 e. The fraction of sp³-hybridized carbons (Fsp3) is 0.231. The van der Waals surface area contributed by atoms with Gasteiger partial charge in [0.05, 0.1) is 25.5 Å². The molecule has 0 spiro atoms. The molecule has 0 radical (unpaired) electrons. The van der Waals surface area contributed by atoms with E-state index in [-0.39, 0.29) is 17.2 Å². The number of hydrogen-bond donors (Lipinski definition) is 2. The zero-order valence-electron chi connectivity index (χ0n) is 19.0. The van der Waals surface area contributed by atoms with E-state index in [0.29, 0.717) is 34.0 Å². The molecule has 3 aromatic carbocycles. The van der Waals surface area contributed by atoms with Crippen molar-refractivity contribution >= 4 is 23.2 Å². The van der Waals surface area contributed by atoms with Crippen LogP contribution in [0.4, 0.5) is 11.4 Å². The van der Waals surface area contributed by atoms with E-state index in [1.54, 1.807) is 61.7 Å². The molecule has 0 fully saturated rings. The predicted molar refractivity (Wildman–Crippen MR) is 127 cm³/mol. The maximum atomic E-state index is 13.0. The van der Waals surface area contributed by atoms with Crippen LogP contribution in [0.3, 0.4) is 0 Å². The van der Waals surface area contributed by atoms with Crippen molar-refractivity contribution in [2.24, 2.45) is 0 Å². The number of para-hydroxylation sites is 1. The monoisotopic (exact) mass is 432 g/mol. The maximum absolute atomic E-state index is 13.0. The smallest absolute Gasteiger partial charge is 0.257 e. The summed E-state index contributed by atoms with van der Waals surface area (Å²) in [6.07, 6.45) is 0. The van der Waals surface area contributed by atoms with Crippen LogP contribution >= 0.6 is 0 Å². The second kappa shape index (κ2) is 9.56. The van der Waals surface area contributed by atoms with Crippen LogP contribution in [0.1, 0.15) is 47.1 Å². The van der Waals surface area contributed by atoms with E-state index in [0.717, 1.165) is 5.56 Å². The standard InChI is InChI=1S/C26H28N2O4/c1-26(2,3)18-11-9-17(10-12-18)24(29)28-23-21(7-6-8-22(23)32-5)25(30)27-19-13-15-20(31-4)16-14-19/h6-16H,1-5H3,(H,27,30)(H,28,29). The number of carbonyl (C=O) groups excluding carboxylic acids is 2. The van der Waals surface area contributed by atoms with Gasteiger partial charge in [0.15, 0.2) is 0 Å². The number of rotatable bonds is 6. The van der Waals surface area contributed by atoms with Crippen LogP contribution in [0.2, 0.25) is 0 Å². The minimum atomic E-state index is -0.368. The molecule has 2 N–H and O–H groups in total. The molecule has 0 bridgehead atoms. The molecular formula is C26H28N2O4.